The highest BCUT2D eigenvalue weighted by atomic mass is 16.5. The van der Waals surface area contributed by atoms with Gasteiger partial charge in [-0.2, -0.15) is 0 Å². The standard InChI is InChI=1S/C12H25NO/c1-6-10(2)13-7-11(3)14-9-12(4,5)8-13/h10-11H,6-9H2,1-5H3/t10?,11-/m0/s1. The third-order valence-electron chi connectivity index (χ3n) is 3.10. The molecule has 1 fully saturated rings. The highest BCUT2D eigenvalue weighted by Crippen LogP contribution is 2.24. The summed E-state index contributed by atoms with van der Waals surface area (Å²) in [6.07, 6.45) is 1.61. The van der Waals surface area contributed by atoms with Crippen LogP contribution in [0.2, 0.25) is 0 Å². The fourth-order valence-corrected chi connectivity index (χ4v) is 2.00. The maximum absolute atomic E-state index is 5.80. The van der Waals surface area contributed by atoms with Gasteiger partial charge in [0.05, 0.1) is 12.7 Å². The Kier molecular flexibility index (Phi) is 3.96. The van der Waals surface area contributed by atoms with Crippen LogP contribution in [0.15, 0.2) is 0 Å². The minimum absolute atomic E-state index is 0.300. The molecule has 0 amide bonds. The molecule has 2 heteroatoms. The summed E-state index contributed by atoms with van der Waals surface area (Å²) in [6, 6.07) is 0.679. The Morgan fingerprint density at radius 3 is 2.71 bits per heavy atom. The van der Waals surface area contributed by atoms with Gasteiger partial charge >= 0.3 is 0 Å². The smallest absolute Gasteiger partial charge is 0.0674 e. The first-order chi connectivity index (χ1) is 6.44. The Hall–Kier alpha value is -0.0800. The fraction of sp³-hybridized carbons (Fsp3) is 1.00. The zero-order valence-corrected chi connectivity index (χ0v) is 10.3. The van der Waals surface area contributed by atoms with Crippen molar-refractivity contribution in [3.05, 3.63) is 0 Å². The number of hydrogen-bond acceptors (Lipinski definition) is 2. The Morgan fingerprint density at radius 1 is 1.50 bits per heavy atom. The van der Waals surface area contributed by atoms with Gasteiger partial charge in [-0.15, -0.1) is 0 Å². The zero-order valence-electron chi connectivity index (χ0n) is 10.3. The summed E-state index contributed by atoms with van der Waals surface area (Å²) < 4.78 is 5.80. The van der Waals surface area contributed by atoms with Gasteiger partial charge in [0.1, 0.15) is 0 Å². The summed E-state index contributed by atoms with van der Waals surface area (Å²) in [5, 5.41) is 0. The van der Waals surface area contributed by atoms with Gasteiger partial charge in [-0.25, -0.2) is 0 Å². The van der Waals surface area contributed by atoms with Crippen LogP contribution in [0.25, 0.3) is 0 Å². The average Bonchev–Trinajstić information content (AvgIpc) is 2.24. The molecule has 1 unspecified atom stereocenters. The van der Waals surface area contributed by atoms with Crippen LogP contribution in [0, 0.1) is 5.41 Å². The Morgan fingerprint density at radius 2 is 2.14 bits per heavy atom. The SMILES string of the molecule is CCC(C)N1C[C@H](C)OCC(C)(C)C1. The predicted molar refractivity (Wildman–Crippen MR) is 60.5 cm³/mol. The fourth-order valence-electron chi connectivity index (χ4n) is 2.00. The minimum Gasteiger partial charge on any atom is -0.377 e. The second-order valence-corrected chi connectivity index (χ2v) is 5.47. The number of hydrogen-bond donors (Lipinski definition) is 0. The van der Waals surface area contributed by atoms with Crippen molar-refractivity contribution in [3.8, 4) is 0 Å². The van der Waals surface area contributed by atoms with Crippen molar-refractivity contribution in [1.29, 1.82) is 0 Å². The lowest BCUT2D eigenvalue weighted by Crippen LogP contribution is -2.41. The molecule has 0 aromatic carbocycles. The molecule has 1 aliphatic rings. The van der Waals surface area contributed by atoms with Gasteiger partial charge in [0.2, 0.25) is 0 Å². The summed E-state index contributed by atoms with van der Waals surface area (Å²) in [6.45, 7) is 14.5. The number of rotatable bonds is 2. The molecule has 1 saturated heterocycles. The van der Waals surface area contributed by atoms with E-state index in [1.807, 2.05) is 0 Å². The average molecular weight is 199 g/mol. The van der Waals surface area contributed by atoms with Crippen LogP contribution in [0.5, 0.6) is 0 Å². The van der Waals surface area contributed by atoms with E-state index in [0.717, 1.165) is 19.7 Å². The van der Waals surface area contributed by atoms with Gasteiger partial charge in [-0.05, 0) is 20.3 Å². The first-order valence-corrected chi connectivity index (χ1v) is 5.80. The summed E-state index contributed by atoms with van der Waals surface area (Å²) in [7, 11) is 0. The van der Waals surface area contributed by atoms with Crippen LogP contribution in [-0.4, -0.2) is 36.7 Å². The minimum atomic E-state index is 0.300. The van der Waals surface area contributed by atoms with Gasteiger partial charge in [0, 0.05) is 24.5 Å². The van der Waals surface area contributed by atoms with Crippen LogP contribution in [0.1, 0.15) is 41.0 Å². The Bertz CT molecular complexity index is 179. The maximum Gasteiger partial charge on any atom is 0.0674 e. The van der Waals surface area contributed by atoms with Crippen molar-refractivity contribution in [3.63, 3.8) is 0 Å². The molecule has 14 heavy (non-hydrogen) atoms. The summed E-state index contributed by atoms with van der Waals surface area (Å²) in [5.41, 5.74) is 0.300. The molecule has 1 aliphatic heterocycles. The van der Waals surface area contributed by atoms with Crippen molar-refractivity contribution in [2.24, 2.45) is 5.41 Å². The van der Waals surface area contributed by atoms with Gasteiger partial charge < -0.3 is 4.74 Å². The predicted octanol–water partition coefficient (Wildman–Crippen LogP) is 2.53. The number of nitrogens with zero attached hydrogens (tertiary/aromatic N) is 1. The summed E-state index contributed by atoms with van der Waals surface area (Å²) in [5.74, 6) is 0. The van der Waals surface area contributed by atoms with Crippen molar-refractivity contribution >= 4 is 0 Å². The zero-order chi connectivity index (χ0) is 10.8. The Labute approximate surface area is 88.6 Å². The van der Waals surface area contributed by atoms with E-state index in [0.29, 0.717) is 17.6 Å². The van der Waals surface area contributed by atoms with Crippen LogP contribution < -0.4 is 0 Å². The quantitative estimate of drug-likeness (QED) is 0.677. The van der Waals surface area contributed by atoms with Crippen molar-refractivity contribution in [2.75, 3.05) is 19.7 Å². The molecule has 0 radical (unpaired) electrons. The molecule has 0 aromatic heterocycles. The van der Waals surface area contributed by atoms with Crippen molar-refractivity contribution < 1.29 is 4.74 Å². The highest BCUT2D eigenvalue weighted by Gasteiger charge is 2.29. The molecule has 0 bridgehead atoms. The van der Waals surface area contributed by atoms with E-state index in [-0.39, 0.29) is 0 Å². The van der Waals surface area contributed by atoms with E-state index in [9.17, 15) is 0 Å². The van der Waals surface area contributed by atoms with E-state index in [1.165, 1.54) is 6.42 Å². The second-order valence-electron chi connectivity index (χ2n) is 5.47. The lowest BCUT2D eigenvalue weighted by Gasteiger charge is -2.32. The lowest BCUT2D eigenvalue weighted by atomic mass is 9.93. The molecule has 0 aromatic rings. The Balaban J connectivity index is 2.64. The van der Waals surface area contributed by atoms with E-state index in [2.05, 4.69) is 39.5 Å². The molecule has 0 N–H and O–H groups in total. The van der Waals surface area contributed by atoms with Gasteiger partial charge in [0.25, 0.3) is 0 Å². The van der Waals surface area contributed by atoms with Crippen LogP contribution >= 0.6 is 0 Å². The molecular weight excluding hydrogens is 174 g/mol. The molecule has 1 heterocycles. The van der Waals surface area contributed by atoms with Gasteiger partial charge in [-0.1, -0.05) is 20.8 Å². The van der Waals surface area contributed by atoms with E-state index < -0.39 is 0 Å². The summed E-state index contributed by atoms with van der Waals surface area (Å²) >= 11 is 0. The van der Waals surface area contributed by atoms with E-state index in [4.69, 9.17) is 4.74 Å². The molecule has 0 aliphatic carbocycles. The van der Waals surface area contributed by atoms with E-state index >= 15 is 0 Å². The maximum atomic E-state index is 5.80. The highest BCUT2D eigenvalue weighted by molar-refractivity contribution is 4.81. The monoisotopic (exact) mass is 199 g/mol. The lowest BCUT2D eigenvalue weighted by molar-refractivity contribution is 0.0355. The van der Waals surface area contributed by atoms with E-state index in [1.54, 1.807) is 0 Å². The largest absolute Gasteiger partial charge is 0.377 e. The molecule has 2 nitrogen and oxygen atoms in total. The second kappa shape index (κ2) is 4.63. The van der Waals surface area contributed by atoms with Crippen LogP contribution in [-0.2, 0) is 4.74 Å². The molecular formula is C12H25NO. The molecule has 0 spiro atoms. The number of ether oxygens (including phenoxy) is 1. The molecule has 0 saturated carbocycles. The van der Waals surface area contributed by atoms with Crippen LogP contribution in [0.4, 0.5) is 0 Å². The first kappa shape index (κ1) is 12.0. The first-order valence-electron chi connectivity index (χ1n) is 5.80. The van der Waals surface area contributed by atoms with Crippen molar-refractivity contribution in [1.82, 2.24) is 4.90 Å². The molecule has 1 rings (SSSR count). The van der Waals surface area contributed by atoms with Crippen LogP contribution in [0.3, 0.4) is 0 Å². The third-order valence-corrected chi connectivity index (χ3v) is 3.10. The van der Waals surface area contributed by atoms with Crippen molar-refractivity contribution in [2.45, 2.75) is 53.2 Å². The molecule has 84 valence electrons. The van der Waals surface area contributed by atoms with Gasteiger partial charge in [0.15, 0.2) is 0 Å². The topological polar surface area (TPSA) is 12.5 Å². The van der Waals surface area contributed by atoms with Gasteiger partial charge in [-0.3, -0.25) is 4.90 Å². The third kappa shape index (κ3) is 3.25. The molecule has 2 atom stereocenters. The normalized spacial score (nSPS) is 31.1. The summed E-state index contributed by atoms with van der Waals surface area (Å²) in [4.78, 5) is 2.57.